The molecular weight excluding hydrogens is 505 g/mol. The van der Waals surface area contributed by atoms with E-state index in [1.807, 2.05) is 0 Å². The second kappa shape index (κ2) is 32.0. The number of thiol groups is 1. The third kappa shape index (κ3) is 26.7. The molecule has 0 fully saturated rings. The van der Waals surface area contributed by atoms with E-state index in [0.717, 1.165) is 44.3 Å². The Labute approximate surface area is 247 Å². The van der Waals surface area contributed by atoms with E-state index in [4.69, 9.17) is 13.3 Å². The molecule has 0 aliphatic rings. The third-order valence-corrected chi connectivity index (χ3v) is 10.9. The van der Waals surface area contributed by atoms with E-state index in [2.05, 4.69) is 33.4 Å². The van der Waals surface area contributed by atoms with Gasteiger partial charge in [-0.1, -0.05) is 155 Å². The van der Waals surface area contributed by atoms with Gasteiger partial charge in [0.25, 0.3) is 0 Å². The second-order valence-electron chi connectivity index (χ2n) is 11.4. The van der Waals surface area contributed by atoms with Crippen LogP contribution < -0.4 is 0 Å². The van der Waals surface area contributed by atoms with Crippen LogP contribution >= 0.6 is 12.6 Å². The zero-order chi connectivity index (χ0) is 27.8. The lowest BCUT2D eigenvalue weighted by atomic mass is 10.1. The third-order valence-electron chi connectivity index (χ3n) is 7.65. The van der Waals surface area contributed by atoms with Crippen molar-refractivity contribution >= 4 is 21.4 Å². The highest BCUT2D eigenvalue weighted by atomic mass is 32.1. The summed E-state index contributed by atoms with van der Waals surface area (Å²) < 4.78 is 19.1. The summed E-state index contributed by atoms with van der Waals surface area (Å²) in [5.74, 6) is 0.867. The van der Waals surface area contributed by atoms with Gasteiger partial charge in [-0.05, 0) is 31.9 Å². The maximum absolute atomic E-state index is 6.43. The van der Waals surface area contributed by atoms with Crippen molar-refractivity contribution in [1.29, 1.82) is 0 Å². The Morgan fingerprint density at radius 3 is 1.00 bits per heavy atom. The summed E-state index contributed by atoms with van der Waals surface area (Å²) in [6.07, 6.45) is 33.8. The van der Waals surface area contributed by atoms with Crippen LogP contribution in [-0.2, 0) is 13.3 Å². The van der Waals surface area contributed by atoms with Crippen LogP contribution in [0.25, 0.3) is 0 Å². The first kappa shape index (κ1) is 38.4. The Morgan fingerprint density at radius 2 is 0.711 bits per heavy atom. The SMILES string of the molecule is CCCCCCCCCCCCCCO[Si](CCCS)(OCC)OCCCCCCCCCCCCCC. The molecule has 3 nitrogen and oxygen atoms in total. The maximum Gasteiger partial charge on any atom is 0.500 e. The van der Waals surface area contributed by atoms with Gasteiger partial charge >= 0.3 is 8.80 Å². The second-order valence-corrected chi connectivity index (χ2v) is 14.6. The van der Waals surface area contributed by atoms with Gasteiger partial charge in [0.1, 0.15) is 0 Å². The topological polar surface area (TPSA) is 27.7 Å². The Balaban J connectivity index is 3.91. The molecule has 0 saturated carbocycles. The van der Waals surface area contributed by atoms with Crippen molar-refractivity contribution in [3.63, 3.8) is 0 Å². The van der Waals surface area contributed by atoms with E-state index in [0.29, 0.717) is 6.61 Å². The smallest absolute Gasteiger partial charge is 0.374 e. The standard InChI is InChI=1S/C33H70O3SSi/c1-4-7-9-11-13-15-17-19-21-23-25-27-30-35-38(34-6-3,33-29-32-37)36-31-28-26-24-22-20-18-16-14-12-10-8-5-2/h37H,4-33H2,1-3H3. The maximum atomic E-state index is 6.43. The Morgan fingerprint density at radius 1 is 0.395 bits per heavy atom. The molecule has 0 rings (SSSR count). The van der Waals surface area contributed by atoms with E-state index in [1.165, 1.54) is 141 Å². The Bertz CT molecular complexity index is 408. The lowest BCUT2D eigenvalue weighted by Gasteiger charge is -2.29. The van der Waals surface area contributed by atoms with E-state index >= 15 is 0 Å². The predicted molar refractivity (Wildman–Crippen MR) is 175 cm³/mol. The van der Waals surface area contributed by atoms with Crippen molar-refractivity contribution < 1.29 is 13.3 Å². The Kier molecular flexibility index (Phi) is 32.3. The number of unbranched alkanes of at least 4 members (excludes halogenated alkanes) is 22. The van der Waals surface area contributed by atoms with Gasteiger partial charge in [-0.2, -0.15) is 12.6 Å². The van der Waals surface area contributed by atoms with Gasteiger partial charge in [-0.15, -0.1) is 0 Å². The number of rotatable bonds is 33. The van der Waals surface area contributed by atoms with E-state index in [9.17, 15) is 0 Å². The molecule has 0 bridgehead atoms. The summed E-state index contributed by atoms with van der Waals surface area (Å²) in [6, 6.07) is 0.904. The highest BCUT2D eigenvalue weighted by molar-refractivity contribution is 7.80. The molecule has 0 amide bonds. The molecule has 0 unspecified atom stereocenters. The van der Waals surface area contributed by atoms with Gasteiger partial charge in [-0.25, -0.2) is 0 Å². The first-order valence-corrected chi connectivity index (χ1v) is 19.8. The summed E-state index contributed by atoms with van der Waals surface area (Å²) in [4.78, 5) is 0. The van der Waals surface area contributed by atoms with E-state index in [1.54, 1.807) is 0 Å². The molecule has 38 heavy (non-hydrogen) atoms. The minimum Gasteiger partial charge on any atom is -0.374 e. The van der Waals surface area contributed by atoms with Crippen molar-refractivity contribution in [2.75, 3.05) is 25.6 Å². The molecule has 0 spiro atoms. The first-order valence-electron chi connectivity index (χ1n) is 17.3. The summed E-state index contributed by atoms with van der Waals surface area (Å²) in [5.41, 5.74) is 0. The van der Waals surface area contributed by atoms with Crippen molar-refractivity contribution in [3.8, 4) is 0 Å². The van der Waals surface area contributed by atoms with Crippen LogP contribution in [0, 0.1) is 0 Å². The minimum atomic E-state index is -2.57. The molecule has 0 radical (unpaired) electrons. The van der Waals surface area contributed by atoms with Gasteiger partial charge in [0.05, 0.1) is 0 Å². The number of hydrogen-bond acceptors (Lipinski definition) is 4. The van der Waals surface area contributed by atoms with E-state index < -0.39 is 8.80 Å². The highest BCUT2D eigenvalue weighted by Gasteiger charge is 2.40. The van der Waals surface area contributed by atoms with Crippen LogP contribution in [0.1, 0.15) is 181 Å². The molecular formula is C33H70O3SSi. The van der Waals surface area contributed by atoms with Crippen molar-refractivity contribution in [1.82, 2.24) is 0 Å². The molecule has 0 aromatic rings. The normalized spacial score (nSPS) is 12.0. The molecule has 0 atom stereocenters. The average molecular weight is 575 g/mol. The summed E-state index contributed by atoms with van der Waals surface area (Å²) in [6.45, 7) is 8.90. The van der Waals surface area contributed by atoms with Crippen LogP contribution in [0.5, 0.6) is 0 Å². The minimum absolute atomic E-state index is 0.676. The number of hydrogen-bond donors (Lipinski definition) is 1. The lowest BCUT2D eigenvalue weighted by Crippen LogP contribution is -2.46. The fourth-order valence-electron chi connectivity index (χ4n) is 5.20. The molecule has 0 aromatic heterocycles. The quantitative estimate of drug-likeness (QED) is 0.0480. The molecule has 0 N–H and O–H groups in total. The Hall–Kier alpha value is 0.447. The fourth-order valence-corrected chi connectivity index (χ4v) is 8.30. The summed E-state index contributed by atoms with van der Waals surface area (Å²) in [7, 11) is -2.57. The van der Waals surface area contributed by atoms with Gasteiger partial charge in [-0.3, -0.25) is 0 Å². The largest absolute Gasteiger partial charge is 0.500 e. The predicted octanol–water partition coefficient (Wildman–Crippen LogP) is 11.7. The van der Waals surface area contributed by atoms with Gasteiger partial charge in [0.2, 0.25) is 0 Å². The summed E-state index contributed by atoms with van der Waals surface area (Å²) in [5, 5.41) is 0. The molecule has 5 heteroatoms. The zero-order valence-electron chi connectivity index (χ0n) is 26.4. The first-order chi connectivity index (χ1) is 18.7. The van der Waals surface area contributed by atoms with Gasteiger partial charge in [0.15, 0.2) is 0 Å². The van der Waals surface area contributed by atoms with Crippen LogP contribution in [-0.4, -0.2) is 34.4 Å². The lowest BCUT2D eigenvalue weighted by molar-refractivity contribution is 0.0602. The molecule has 0 aromatic carbocycles. The van der Waals surface area contributed by atoms with Crippen LogP contribution in [0.2, 0.25) is 6.04 Å². The van der Waals surface area contributed by atoms with Gasteiger partial charge in [0, 0.05) is 25.9 Å². The fraction of sp³-hybridized carbons (Fsp3) is 1.00. The zero-order valence-corrected chi connectivity index (χ0v) is 28.3. The highest BCUT2D eigenvalue weighted by Crippen LogP contribution is 2.21. The molecule has 0 aliphatic heterocycles. The van der Waals surface area contributed by atoms with E-state index in [-0.39, 0.29) is 0 Å². The molecule has 0 aliphatic carbocycles. The molecule has 230 valence electrons. The van der Waals surface area contributed by atoms with Crippen molar-refractivity contribution in [3.05, 3.63) is 0 Å². The molecule has 0 saturated heterocycles. The van der Waals surface area contributed by atoms with Crippen LogP contribution in [0.4, 0.5) is 0 Å². The molecule has 0 heterocycles. The average Bonchev–Trinajstić information content (AvgIpc) is 2.92. The van der Waals surface area contributed by atoms with Crippen molar-refractivity contribution in [2.24, 2.45) is 0 Å². The van der Waals surface area contributed by atoms with Crippen LogP contribution in [0.3, 0.4) is 0 Å². The van der Waals surface area contributed by atoms with Crippen molar-refractivity contribution in [2.45, 2.75) is 187 Å². The monoisotopic (exact) mass is 574 g/mol. The van der Waals surface area contributed by atoms with Crippen LogP contribution in [0.15, 0.2) is 0 Å². The summed E-state index contributed by atoms with van der Waals surface area (Å²) >= 11 is 4.44. The van der Waals surface area contributed by atoms with Gasteiger partial charge < -0.3 is 13.3 Å².